The van der Waals surface area contributed by atoms with Crippen LogP contribution < -0.4 is 32.3 Å². The van der Waals surface area contributed by atoms with E-state index in [4.69, 9.17) is 10.5 Å². The molecule has 3 rings (SSSR count). The van der Waals surface area contributed by atoms with E-state index < -0.39 is 0 Å². The quantitative estimate of drug-likeness (QED) is 0.667. The van der Waals surface area contributed by atoms with E-state index in [0.717, 1.165) is 16.9 Å². The molecule has 2 aromatic carbocycles. The fraction of sp³-hybridized carbons (Fsp3) is 0.100. The second-order valence-electron chi connectivity index (χ2n) is 5.85. The van der Waals surface area contributed by atoms with Crippen LogP contribution in [0.2, 0.25) is 0 Å². The summed E-state index contributed by atoms with van der Waals surface area (Å²) in [6.45, 7) is 0. The summed E-state index contributed by atoms with van der Waals surface area (Å²) in [6.07, 6.45) is 3.28. The van der Waals surface area contributed by atoms with Crippen molar-refractivity contribution in [3.05, 3.63) is 91.1 Å². The Balaban J connectivity index is 2.14. The number of nitrogens with zero attached hydrogens (tertiary/aromatic N) is 1. The van der Waals surface area contributed by atoms with Gasteiger partial charge in [0.05, 0.1) is 7.11 Å². The number of hydrogen-bond acceptors (Lipinski definition) is 4. The summed E-state index contributed by atoms with van der Waals surface area (Å²) in [5.41, 5.74) is 7.24. The van der Waals surface area contributed by atoms with Crippen LogP contribution in [0.15, 0.2) is 58.1 Å². The first-order valence-corrected chi connectivity index (χ1v) is 8.00. The number of aromatic nitrogens is 2. The first kappa shape index (κ1) is 17.3. The first-order chi connectivity index (χ1) is 12.5. The van der Waals surface area contributed by atoms with Gasteiger partial charge >= 0.3 is 0 Å². The van der Waals surface area contributed by atoms with Crippen LogP contribution in [0.1, 0.15) is 11.1 Å². The zero-order chi connectivity index (χ0) is 18.7. The van der Waals surface area contributed by atoms with E-state index >= 15 is 0 Å². The molecular weight excluding hydrogens is 330 g/mol. The van der Waals surface area contributed by atoms with Crippen LogP contribution in [-0.4, -0.2) is 16.7 Å². The monoisotopic (exact) mass is 349 g/mol. The van der Waals surface area contributed by atoms with Gasteiger partial charge in [0.2, 0.25) is 0 Å². The molecule has 3 aromatic rings. The molecule has 0 amide bonds. The number of benzene rings is 2. The van der Waals surface area contributed by atoms with Gasteiger partial charge in [-0.3, -0.25) is 9.59 Å². The molecule has 0 radical (unpaired) electrons. The minimum atomic E-state index is -0.344. The highest BCUT2D eigenvalue weighted by molar-refractivity contribution is 5.53. The van der Waals surface area contributed by atoms with Crippen molar-refractivity contribution in [1.82, 2.24) is 9.55 Å². The Bertz CT molecular complexity index is 1160. The molecule has 1 heterocycles. The van der Waals surface area contributed by atoms with Crippen molar-refractivity contribution in [3.8, 4) is 5.75 Å². The standard InChI is InChI=1S/C20H19N3O3/c1-23-18(12-14-3-7-15(21)8-4-14)19(24)22-17(20(23)25)11-13-5-9-16(26-2)10-6-13/h3-12H,21H2,1-2H3,(H,22,24)/b17-11-,18-12-. The highest BCUT2D eigenvalue weighted by Gasteiger charge is 2.02. The molecule has 0 atom stereocenters. The Morgan fingerprint density at radius 1 is 0.962 bits per heavy atom. The second-order valence-corrected chi connectivity index (χ2v) is 5.85. The Morgan fingerprint density at radius 2 is 1.54 bits per heavy atom. The molecule has 0 saturated carbocycles. The Hall–Kier alpha value is -3.54. The van der Waals surface area contributed by atoms with Crippen molar-refractivity contribution in [3.63, 3.8) is 0 Å². The van der Waals surface area contributed by atoms with Crippen molar-refractivity contribution in [2.75, 3.05) is 12.8 Å². The van der Waals surface area contributed by atoms with Gasteiger partial charge in [0.25, 0.3) is 11.1 Å². The van der Waals surface area contributed by atoms with E-state index in [9.17, 15) is 9.59 Å². The van der Waals surface area contributed by atoms with Crippen LogP contribution in [-0.2, 0) is 7.05 Å². The lowest BCUT2D eigenvalue weighted by Crippen LogP contribution is -2.52. The van der Waals surface area contributed by atoms with Crippen LogP contribution >= 0.6 is 0 Å². The van der Waals surface area contributed by atoms with Gasteiger partial charge in [-0.15, -0.1) is 0 Å². The normalized spacial score (nSPS) is 12.4. The highest BCUT2D eigenvalue weighted by Crippen LogP contribution is 2.11. The van der Waals surface area contributed by atoms with Crippen molar-refractivity contribution >= 4 is 17.8 Å². The molecular formula is C20H19N3O3. The maximum absolute atomic E-state index is 12.6. The summed E-state index contributed by atoms with van der Waals surface area (Å²) < 4.78 is 6.45. The Morgan fingerprint density at radius 3 is 2.15 bits per heavy atom. The smallest absolute Gasteiger partial charge is 0.274 e. The minimum absolute atomic E-state index is 0.220. The van der Waals surface area contributed by atoms with Gasteiger partial charge in [-0.2, -0.15) is 0 Å². The molecule has 6 heteroatoms. The van der Waals surface area contributed by atoms with Crippen molar-refractivity contribution in [2.24, 2.45) is 7.05 Å². The molecule has 0 saturated heterocycles. The van der Waals surface area contributed by atoms with Crippen LogP contribution in [0, 0.1) is 0 Å². The van der Waals surface area contributed by atoms with Crippen molar-refractivity contribution in [2.45, 2.75) is 0 Å². The molecule has 0 fully saturated rings. The number of anilines is 1. The van der Waals surface area contributed by atoms with E-state index in [1.807, 2.05) is 12.1 Å². The maximum Gasteiger partial charge on any atom is 0.274 e. The van der Waals surface area contributed by atoms with Crippen LogP contribution in [0.3, 0.4) is 0 Å². The second kappa shape index (κ2) is 7.14. The lowest BCUT2D eigenvalue weighted by Gasteiger charge is -2.01. The lowest BCUT2D eigenvalue weighted by atomic mass is 10.2. The first-order valence-electron chi connectivity index (χ1n) is 8.00. The summed E-state index contributed by atoms with van der Waals surface area (Å²) >= 11 is 0. The topological polar surface area (TPSA) is 90.1 Å². The van der Waals surface area contributed by atoms with Gasteiger partial charge in [-0.1, -0.05) is 24.3 Å². The molecule has 0 aliphatic heterocycles. The molecule has 1 aromatic heterocycles. The summed E-state index contributed by atoms with van der Waals surface area (Å²) in [5.74, 6) is 0.719. The molecule has 6 nitrogen and oxygen atoms in total. The third kappa shape index (κ3) is 3.59. The number of nitrogens with two attached hydrogens (primary N) is 1. The third-order valence-corrected chi connectivity index (χ3v) is 4.04. The van der Waals surface area contributed by atoms with Crippen LogP contribution in [0.25, 0.3) is 12.2 Å². The summed E-state index contributed by atoms with van der Waals surface area (Å²) in [5, 5.41) is 0.490. The molecule has 0 bridgehead atoms. The zero-order valence-corrected chi connectivity index (χ0v) is 14.5. The SMILES string of the molecule is COc1ccc(/C=c2\[nH]c(=O)/c(=C/c3ccc(N)cc3)n(C)c2=O)cc1. The van der Waals surface area contributed by atoms with E-state index in [0.29, 0.717) is 5.69 Å². The van der Waals surface area contributed by atoms with Gasteiger partial charge in [0.1, 0.15) is 16.4 Å². The van der Waals surface area contributed by atoms with Crippen molar-refractivity contribution in [1.29, 1.82) is 0 Å². The number of H-pyrrole nitrogens is 1. The van der Waals surface area contributed by atoms with Gasteiger partial charge in [-0.05, 0) is 47.5 Å². The Labute approximate surface area is 149 Å². The number of nitrogens with one attached hydrogen (secondary N) is 1. The third-order valence-electron chi connectivity index (χ3n) is 4.04. The van der Waals surface area contributed by atoms with Gasteiger partial charge in [0, 0.05) is 12.7 Å². The zero-order valence-electron chi connectivity index (χ0n) is 14.5. The number of methoxy groups -OCH3 is 1. The van der Waals surface area contributed by atoms with E-state index in [2.05, 4.69) is 4.98 Å². The molecule has 132 valence electrons. The van der Waals surface area contributed by atoms with E-state index in [1.54, 1.807) is 62.7 Å². The average molecular weight is 349 g/mol. The fourth-order valence-corrected chi connectivity index (χ4v) is 2.56. The van der Waals surface area contributed by atoms with E-state index in [-0.39, 0.29) is 21.8 Å². The van der Waals surface area contributed by atoms with Crippen molar-refractivity contribution < 1.29 is 4.74 Å². The molecule has 0 aliphatic rings. The molecule has 26 heavy (non-hydrogen) atoms. The fourth-order valence-electron chi connectivity index (χ4n) is 2.56. The van der Waals surface area contributed by atoms with Gasteiger partial charge < -0.3 is 20.0 Å². The average Bonchev–Trinajstić information content (AvgIpc) is 2.65. The Kier molecular flexibility index (Phi) is 4.75. The highest BCUT2D eigenvalue weighted by atomic mass is 16.5. The predicted molar refractivity (Wildman–Crippen MR) is 103 cm³/mol. The van der Waals surface area contributed by atoms with Gasteiger partial charge in [0.15, 0.2) is 0 Å². The molecule has 0 unspecified atom stereocenters. The lowest BCUT2D eigenvalue weighted by molar-refractivity contribution is 0.415. The van der Waals surface area contributed by atoms with Gasteiger partial charge in [-0.25, -0.2) is 0 Å². The molecule has 0 aliphatic carbocycles. The number of ether oxygens (including phenoxy) is 1. The summed E-state index contributed by atoms with van der Waals surface area (Å²) in [4.78, 5) is 27.7. The number of rotatable bonds is 3. The molecule has 0 spiro atoms. The number of hydrogen-bond donors (Lipinski definition) is 2. The maximum atomic E-state index is 12.6. The van der Waals surface area contributed by atoms with Crippen LogP contribution in [0.4, 0.5) is 5.69 Å². The summed E-state index contributed by atoms with van der Waals surface area (Å²) in [6, 6.07) is 14.3. The molecule has 3 N–H and O–H groups in total. The number of nitrogen functional groups attached to an aromatic ring is 1. The largest absolute Gasteiger partial charge is 0.497 e. The van der Waals surface area contributed by atoms with E-state index in [1.165, 1.54) is 4.57 Å². The van der Waals surface area contributed by atoms with Crippen LogP contribution in [0.5, 0.6) is 5.75 Å². The number of aromatic amines is 1. The minimum Gasteiger partial charge on any atom is -0.497 e. The summed E-state index contributed by atoms with van der Waals surface area (Å²) in [7, 11) is 3.16. The predicted octanol–water partition coefficient (Wildman–Crippen LogP) is 0.322.